The molecule has 2 aromatic carbocycles. The Morgan fingerprint density at radius 1 is 1.10 bits per heavy atom. The molecule has 1 aromatic heterocycles. The van der Waals surface area contributed by atoms with Crippen LogP contribution in [0.25, 0.3) is 5.57 Å². The van der Waals surface area contributed by atoms with Crippen molar-refractivity contribution < 1.29 is 32.5 Å². The monoisotopic (exact) mass is 580 g/mol. The highest BCUT2D eigenvalue weighted by Crippen LogP contribution is 2.50. The van der Waals surface area contributed by atoms with E-state index < -0.39 is 29.3 Å². The lowest BCUT2D eigenvalue weighted by Gasteiger charge is -2.44. The maximum Gasteiger partial charge on any atom is 0.303 e. The Labute approximate surface area is 243 Å². The first kappa shape index (κ1) is 29.6. The predicted octanol–water partition coefficient (Wildman–Crippen LogP) is 7.08. The Bertz CT molecular complexity index is 1460. The first-order chi connectivity index (χ1) is 20.0. The molecule has 0 saturated heterocycles. The summed E-state index contributed by atoms with van der Waals surface area (Å²) in [7, 11) is 0. The first-order valence-corrected chi connectivity index (χ1v) is 14.2. The molecule has 0 fully saturated rings. The number of fused-ring (bicyclic) bond motifs is 2. The van der Waals surface area contributed by atoms with Gasteiger partial charge < -0.3 is 14.6 Å². The quantitative estimate of drug-likeness (QED) is 0.245. The lowest BCUT2D eigenvalue weighted by Crippen LogP contribution is -2.47. The molecule has 0 bridgehead atoms. The molecule has 5 rings (SSSR count). The van der Waals surface area contributed by atoms with Crippen LogP contribution >= 0.6 is 0 Å². The van der Waals surface area contributed by atoms with Gasteiger partial charge in [-0.2, -0.15) is 0 Å². The van der Waals surface area contributed by atoms with E-state index in [0.29, 0.717) is 30.7 Å². The van der Waals surface area contributed by atoms with Gasteiger partial charge >= 0.3 is 5.97 Å². The number of ether oxygens (including phenoxy) is 2. The fourth-order valence-electron chi connectivity index (χ4n) is 5.90. The van der Waals surface area contributed by atoms with Crippen molar-refractivity contribution in [2.45, 2.75) is 70.8 Å². The molecule has 0 radical (unpaired) electrons. The number of hydrogen-bond acceptors (Lipinski definition) is 5. The van der Waals surface area contributed by atoms with Crippen LogP contribution in [0.2, 0.25) is 0 Å². The molecule has 0 unspecified atom stereocenters. The maximum atomic E-state index is 15.9. The SMILES string of the molecule is C[C@@H]1CC2=C(Cc3ccccc32)[C@@H](c2c(F)cc(OCc3ccc(OCCCC(=O)O)cn3)cc2F)N1CC(C)(C)F. The van der Waals surface area contributed by atoms with E-state index >= 15 is 13.2 Å². The summed E-state index contributed by atoms with van der Waals surface area (Å²) >= 11 is 0. The normalized spacial score (nSPS) is 18.5. The van der Waals surface area contributed by atoms with Gasteiger partial charge in [0.25, 0.3) is 0 Å². The van der Waals surface area contributed by atoms with Crippen LogP contribution in [-0.4, -0.2) is 45.8 Å². The molecule has 1 N–H and O–H groups in total. The molecule has 0 saturated carbocycles. The number of carbonyl (C=O) groups is 1. The zero-order chi connectivity index (χ0) is 30.0. The molecule has 6 nitrogen and oxygen atoms in total. The van der Waals surface area contributed by atoms with Crippen molar-refractivity contribution in [2.75, 3.05) is 13.2 Å². The van der Waals surface area contributed by atoms with E-state index in [0.717, 1.165) is 22.3 Å². The summed E-state index contributed by atoms with van der Waals surface area (Å²) in [5.41, 5.74) is 3.10. The number of carboxylic acids is 1. The number of halogens is 3. The van der Waals surface area contributed by atoms with Crippen molar-refractivity contribution in [2.24, 2.45) is 0 Å². The van der Waals surface area contributed by atoms with Crippen molar-refractivity contribution in [3.05, 3.63) is 94.3 Å². The second-order valence-electron chi connectivity index (χ2n) is 11.6. The summed E-state index contributed by atoms with van der Waals surface area (Å²) in [5.74, 6) is -1.87. The third kappa shape index (κ3) is 6.62. The van der Waals surface area contributed by atoms with E-state index in [1.54, 1.807) is 12.1 Å². The molecule has 0 amide bonds. The fourth-order valence-corrected chi connectivity index (χ4v) is 5.90. The molecular weight excluding hydrogens is 545 g/mol. The number of carboxylic acid groups (broad SMARTS) is 1. The minimum absolute atomic E-state index is 0.0172. The maximum absolute atomic E-state index is 15.9. The van der Waals surface area contributed by atoms with Gasteiger partial charge in [0.2, 0.25) is 0 Å². The fraction of sp³-hybridized carbons (Fsp3) is 0.394. The molecule has 2 aliphatic rings. The minimum Gasteiger partial charge on any atom is -0.492 e. The average molecular weight is 581 g/mol. The summed E-state index contributed by atoms with van der Waals surface area (Å²) in [5, 5.41) is 8.70. The first-order valence-electron chi connectivity index (χ1n) is 14.2. The van der Waals surface area contributed by atoms with Gasteiger partial charge in [0.15, 0.2) is 0 Å². The van der Waals surface area contributed by atoms with Crippen molar-refractivity contribution in [1.82, 2.24) is 9.88 Å². The highest BCUT2D eigenvalue weighted by molar-refractivity contribution is 5.79. The lowest BCUT2D eigenvalue weighted by atomic mass is 9.84. The van der Waals surface area contributed by atoms with Crippen LogP contribution in [0.3, 0.4) is 0 Å². The van der Waals surface area contributed by atoms with Crippen molar-refractivity contribution >= 4 is 11.5 Å². The van der Waals surface area contributed by atoms with Crippen LogP contribution in [0.1, 0.15) is 68.5 Å². The Morgan fingerprint density at radius 3 is 2.50 bits per heavy atom. The van der Waals surface area contributed by atoms with Gasteiger partial charge in [-0.1, -0.05) is 24.3 Å². The van der Waals surface area contributed by atoms with E-state index in [2.05, 4.69) is 4.98 Å². The molecule has 9 heteroatoms. The Balaban J connectivity index is 1.36. The topological polar surface area (TPSA) is 71.9 Å². The van der Waals surface area contributed by atoms with Gasteiger partial charge in [-0.05, 0) is 74.4 Å². The Hall–Kier alpha value is -3.85. The smallest absolute Gasteiger partial charge is 0.303 e. The van der Waals surface area contributed by atoms with Gasteiger partial charge in [-0.25, -0.2) is 13.2 Å². The Morgan fingerprint density at radius 2 is 1.83 bits per heavy atom. The van der Waals surface area contributed by atoms with Gasteiger partial charge in [0, 0.05) is 36.7 Å². The third-order valence-electron chi connectivity index (χ3n) is 7.71. The number of aliphatic carboxylic acids is 1. The lowest BCUT2D eigenvalue weighted by molar-refractivity contribution is -0.137. The van der Waals surface area contributed by atoms with Crippen LogP contribution < -0.4 is 9.47 Å². The van der Waals surface area contributed by atoms with E-state index in [-0.39, 0.29) is 43.5 Å². The van der Waals surface area contributed by atoms with Crippen LogP contribution in [0.15, 0.2) is 60.3 Å². The summed E-state index contributed by atoms with van der Waals surface area (Å²) in [6.45, 7) is 5.22. The highest BCUT2D eigenvalue weighted by Gasteiger charge is 2.43. The number of benzene rings is 2. The number of pyridine rings is 1. The molecule has 1 aliphatic heterocycles. The van der Waals surface area contributed by atoms with Crippen LogP contribution in [-0.2, 0) is 17.8 Å². The summed E-state index contributed by atoms with van der Waals surface area (Å²) in [6, 6.07) is 12.8. The summed E-state index contributed by atoms with van der Waals surface area (Å²) < 4.78 is 57.9. The van der Waals surface area contributed by atoms with E-state index in [1.807, 2.05) is 36.1 Å². The largest absolute Gasteiger partial charge is 0.492 e. The molecule has 1 aliphatic carbocycles. The molecule has 42 heavy (non-hydrogen) atoms. The van der Waals surface area contributed by atoms with E-state index in [9.17, 15) is 4.79 Å². The van der Waals surface area contributed by atoms with Crippen molar-refractivity contribution in [1.29, 1.82) is 0 Å². The second kappa shape index (κ2) is 12.2. The number of hydrogen-bond donors (Lipinski definition) is 1. The van der Waals surface area contributed by atoms with Gasteiger partial charge in [0.1, 0.15) is 35.4 Å². The summed E-state index contributed by atoms with van der Waals surface area (Å²) in [6.07, 6.45) is 3.13. The van der Waals surface area contributed by atoms with Crippen molar-refractivity contribution in [3.8, 4) is 11.5 Å². The second-order valence-corrected chi connectivity index (χ2v) is 11.6. The minimum atomic E-state index is -1.56. The Kier molecular flexibility index (Phi) is 8.59. The standard InChI is InChI=1S/C33H35F3N2O4/c1-20-13-26-25-8-5-4-7-21(25)14-27(26)32(38(20)19-33(2,3)36)31-28(34)15-24(16-29(31)35)42-18-22-10-11-23(17-37-22)41-12-6-9-30(39)40/h4-5,7-8,10-11,15-17,20,32H,6,9,12-14,18-19H2,1-3H3,(H,39,40)/t20-,32+/m1/s1. The van der Waals surface area contributed by atoms with Gasteiger partial charge in [-0.15, -0.1) is 0 Å². The zero-order valence-electron chi connectivity index (χ0n) is 24.0. The highest BCUT2D eigenvalue weighted by atomic mass is 19.1. The predicted molar refractivity (Wildman–Crippen MR) is 153 cm³/mol. The number of aromatic nitrogens is 1. The van der Waals surface area contributed by atoms with E-state index in [4.69, 9.17) is 14.6 Å². The van der Waals surface area contributed by atoms with Gasteiger partial charge in [-0.3, -0.25) is 14.7 Å². The summed E-state index contributed by atoms with van der Waals surface area (Å²) in [4.78, 5) is 16.7. The average Bonchev–Trinajstić information content (AvgIpc) is 3.29. The molecular formula is C33H35F3N2O4. The molecule has 3 aromatic rings. The zero-order valence-corrected chi connectivity index (χ0v) is 24.0. The van der Waals surface area contributed by atoms with Crippen LogP contribution in [0, 0.1) is 11.6 Å². The van der Waals surface area contributed by atoms with Crippen LogP contribution in [0.5, 0.6) is 11.5 Å². The van der Waals surface area contributed by atoms with Crippen molar-refractivity contribution in [3.63, 3.8) is 0 Å². The molecule has 2 atom stereocenters. The van der Waals surface area contributed by atoms with E-state index in [1.165, 1.54) is 32.2 Å². The van der Waals surface area contributed by atoms with Gasteiger partial charge in [0.05, 0.1) is 24.5 Å². The number of alkyl halides is 1. The number of rotatable bonds is 11. The van der Waals surface area contributed by atoms with Crippen LogP contribution in [0.4, 0.5) is 13.2 Å². The molecule has 2 heterocycles. The number of nitrogens with zero attached hydrogens (tertiary/aromatic N) is 2. The third-order valence-corrected chi connectivity index (χ3v) is 7.71. The molecule has 222 valence electrons. The molecule has 0 spiro atoms.